The molecule has 0 aliphatic heterocycles. The first-order valence-electron chi connectivity index (χ1n) is 5.50. The number of benzene rings is 1. The second kappa shape index (κ2) is 6.11. The summed E-state index contributed by atoms with van der Waals surface area (Å²) in [5.74, 6) is -0.575. The van der Waals surface area contributed by atoms with Crippen LogP contribution in [0, 0.1) is 0 Å². The lowest BCUT2D eigenvalue weighted by molar-refractivity contribution is -0.137. The first kappa shape index (κ1) is 14.1. The van der Waals surface area contributed by atoms with Crippen molar-refractivity contribution in [2.75, 3.05) is 13.7 Å². The molecule has 4 N–H and O–H groups in total. The second-order valence-corrected chi connectivity index (χ2v) is 3.71. The number of phenolic OH excluding ortho intramolecular Hbond substituents is 1. The van der Waals surface area contributed by atoms with Crippen LogP contribution in [0.1, 0.15) is 24.9 Å². The van der Waals surface area contributed by atoms with Crippen LogP contribution in [0.25, 0.3) is 0 Å². The lowest BCUT2D eigenvalue weighted by Gasteiger charge is -2.15. The van der Waals surface area contributed by atoms with E-state index in [1.54, 1.807) is 13.0 Å². The number of rotatable bonds is 6. The minimum atomic E-state index is -1.00. The molecular formula is C12H17NO5. The monoisotopic (exact) mass is 255 g/mol. The first-order chi connectivity index (χ1) is 8.49. The average Bonchev–Trinajstić information content (AvgIpc) is 2.28. The molecule has 100 valence electrons. The van der Waals surface area contributed by atoms with Gasteiger partial charge in [0.25, 0.3) is 0 Å². The van der Waals surface area contributed by atoms with Crippen LogP contribution in [-0.2, 0) is 4.79 Å². The van der Waals surface area contributed by atoms with E-state index in [0.29, 0.717) is 17.9 Å². The summed E-state index contributed by atoms with van der Waals surface area (Å²) >= 11 is 0. The lowest BCUT2D eigenvalue weighted by atomic mass is 10.0. The number of nitrogens with two attached hydrogens (primary N) is 1. The van der Waals surface area contributed by atoms with Gasteiger partial charge in [-0.15, -0.1) is 0 Å². The number of hydrogen-bond donors (Lipinski definition) is 3. The second-order valence-electron chi connectivity index (χ2n) is 3.71. The highest BCUT2D eigenvalue weighted by atomic mass is 16.5. The Morgan fingerprint density at radius 1 is 1.50 bits per heavy atom. The molecule has 0 spiro atoms. The van der Waals surface area contributed by atoms with E-state index < -0.39 is 12.0 Å². The summed E-state index contributed by atoms with van der Waals surface area (Å²) in [5.41, 5.74) is 6.22. The van der Waals surface area contributed by atoms with Gasteiger partial charge >= 0.3 is 5.97 Å². The molecule has 1 aromatic rings. The van der Waals surface area contributed by atoms with Gasteiger partial charge in [-0.3, -0.25) is 4.79 Å². The van der Waals surface area contributed by atoms with Gasteiger partial charge in [-0.1, -0.05) is 0 Å². The van der Waals surface area contributed by atoms with Gasteiger partial charge in [0.2, 0.25) is 5.75 Å². The van der Waals surface area contributed by atoms with Crippen molar-refractivity contribution in [3.8, 4) is 17.2 Å². The zero-order valence-corrected chi connectivity index (χ0v) is 10.3. The van der Waals surface area contributed by atoms with E-state index in [0.717, 1.165) is 0 Å². The number of carboxylic acid groups (broad SMARTS) is 1. The van der Waals surface area contributed by atoms with Crippen LogP contribution in [0.3, 0.4) is 0 Å². The van der Waals surface area contributed by atoms with Crippen LogP contribution in [0.15, 0.2) is 12.1 Å². The molecular weight excluding hydrogens is 238 g/mol. The minimum absolute atomic E-state index is 0.126. The maximum Gasteiger partial charge on any atom is 0.305 e. The van der Waals surface area contributed by atoms with Crippen LogP contribution < -0.4 is 15.2 Å². The van der Waals surface area contributed by atoms with E-state index in [2.05, 4.69) is 0 Å². The molecule has 0 aliphatic carbocycles. The zero-order valence-electron chi connectivity index (χ0n) is 10.3. The molecule has 1 atom stereocenters. The van der Waals surface area contributed by atoms with E-state index in [9.17, 15) is 9.90 Å². The van der Waals surface area contributed by atoms with Gasteiger partial charge in [-0.05, 0) is 24.6 Å². The van der Waals surface area contributed by atoms with Gasteiger partial charge < -0.3 is 25.4 Å². The van der Waals surface area contributed by atoms with Crippen molar-refractivity contribution in [1.82, 2.24) is 0 Å². The number of hydrogen-bond acceptors (Lipinski definition) is 5. The van der Waals surface area contributed by atoms with Gasteiger partial charge in [-0.25, -0.2) is 0 Å². The summed E-state index contributed by atoms with van der Waals surface area (Å²) in [7, 11) is 1.41. The third-order valence-electron chi connectivity index (χ3n) is 2.38. The number of aromatic hydroxyl groups is 1. The third kappa shape index (κ3) is 3.27. The summed E-state index contributed by atoms with van der Waals surface area (Å²) in [6.07, 6.45) is -0.225. The summed E-state index contributed by atoms with van der Waals surface area (Å²) in [4.78, 5) is 10.6. The number of phenols is 1. The summed E-state index contributed by atoms with van der Waals surface area (Å²) in [6.45, 7) is 2.19. The largest absolute Gasteiger partial charge is 0.504 e. The van der Waals surface area contributed by atoms with Crippen molar-refractivity contribution in [2.24, 2.45) is 5.73 Å². The van der Waals surface area contributed by atoms with Crippen molar-refractivity contribution < 1.29 is 24.5 Å². The van der Waals surface area contributed by atoms with Crippen LogP contribution in [0.2, 0.25) is 0 Å². The fourth-order valence-corrected chi connectivity index (χ4v) is 1.60. The average molecular weight is 255 g/mol. The number of carbonyl (C=O) groups is 1. The highest BCUT2D eigenvalue weighted by Gasteiger charge is 2.17. The summed E-state index contributed by atoms with van der Waals surface area (Å²) < 4.78 is 10.3. The molecule has 6 nitrogen and oxygen atoms in total. The molecule has 0 saturated heterocycles. The first-order valence-corrected chi connectivity index (χ1v) is 5.50. The molecule has 0 bridgehead atoms. The maximum atomic E-state index is 10.6. The Kier molecular flexibility index (Phi) is 4.79. The minimum Gasteiger partial charge on any atom is -0.504 e. The SMILES string of the molecule is CCOc1cc(C(N)CC(=O)O)cc(O)c1OC. The molecule has 0 saturated carbocycles. The number of aliphatic carboxylic acids is 1. The van der Waals surface area contributed by atoms with Gasteiger partial charge in [-0.2, -0.15) is 0 Å². The Labute approximate surface area is 105 Å². The van der Waals surface area contributed by atoms with Crippen molar-refractivity contribution >= 4 is 5.97 Å². The quantitative estimate of drug-likeness (QED) is 0.707. The Bertz CT molecular complexity index is 433. The smallest absolute Gasteiger partial charge is 0.305 e. The molecule has 0 aromatic heterocycles. The Hall–Kier alpha value is -1.95. The van der Waals surface area contributed by atoms with Crippen molar-refractivity contribution in [3.05, 3.63) is 17.7 Å². The lowest BCUT2D eigenvalue weighted by Crippen LogP contribution is -2.15. The van der Waals surface area contributed by atoms with Gasteiger partial charge in [0.05, 0.1) is 20.1 Å². The van der Waals surface area contributed by atoms with E-state index in [1.165, 1.54) is 13.2 Å². The van der Waals surface area contributed by atoms with Crippen LogP contribution >= 0.6 is 0 Å². The van der Waals surface area contributed by atoms with Crippen LogP contribution in [0.4, 0.5) is 0 Å². The third-order valence-corrected chi connectivity index (χ3v) is 2.38. The number of carboxylic acids is 1. The molecule has 0 heterocycles. The normalized spacial score (nSPS) is 11.9. The van der Waals surface area contributed by atoms with Crippen LogP contribution in [0.5, 0.6) is 17.2 Å². The van der Waals surface area contributed by atoms with Crippen molar-refractivity contribution in [3.63, 3.8) is 0 Å². The van der Waals surface area contributed by atoms with Gasteiger partial charge in [0.1, 0.15) is 0 Å². The van der Waals surface area contributed by atoms with Gasteiger partial charge in [0, 0.05) is 6.04 Å². The van der Waals surface area contributed by atoms with E-state index in [4.69, 9.17) is 20.3 Å². The number of methoxy groups -OCH3 is 1. The van der Waals surface area contributed by atoms with Gasteiger partial charge in [0.15, 0.2) is 11.5 Å². The molecule has 1 rings (SSSR count). The Morgan fingerprint density at radius 2 is 2.17 bits per heavy atom. The molecule has 1 aromatic carbocycles. The molecule has 18 heavy (non-hydrogen) atoms. The van der Waals surface area contributed by atoms with Crippen LogP contribution in [-0.4, -0.2) is 29.9 Å². The molecule has 0 amide bonds. The highest BCUT2D eigenvalue weighted by Crippen LogP contribution is 2.39. The Morgan fingerprint density at radius 3 is 2.67 bits per heavy atom. The molecule has 0 aliphatic rings. The molecule has 0 fully saturated rings. The zero-order chi connectivity index (χ0) is 13.7. The van der Waals surface area contributed by atoms with E-state index in [1.807, 2.05) is 0 Å². The highest BCUT2D eigenvalue weighted by molar-refractivity contribution is 5.68. The molecule has 0 radical (unpaired) electrons. The fraction of sp³-hybridized carbons (Fsp3) is 0.417. The van der Waals surface area contributed by atoms with E-state index in [-0.39, 0.29) is 17.9 Å². The van der Waals surface area contributed by atoms with Crippen molar-refractivity contribution in [2.45, 2.75) is 19.4 Å². The molecule has 1 unspecified atom stereocenters. The summed E-state index contributed by atoms with van der Waals surface area (Å²) in [6, 6.07) is 2.25. The standard InChI is InChI=1S/C12H17NO5/c1-3-18-10-5-7(8(13)6-11(15)16)4-9(14)12(10)17-2/h4-5,8,14H,3,6,13H2,1-2H3,(H,15,16). The van der Waals surface area contributed by atoms with E-state index >= 15 is 0 Å². The predicted molar refractivity (Wildman–Crippen MR) is 65.0 cm³/mol. The number of ether oxygens (including phenoxy) is 2. The maximum absolute atomic E-state index is 10.6. The fourth-order valence-electron chi connectivity index (χ4n) is 1.60. The van der Waals surface area contributed by atoms with Crippen molar-refractivity contribution in [1.29, 1.82) is 0 Å². The topological polar surface area (TPSA) is 102 Å². The molecule has 6 heteroatoms. The predicted octanol–water partition coefficient (Wildman–Crippen LogP) is 1.27. The Balaban J connectivity index is 3.11. The summed E-state index contributed by atoms with van der Waals surface area (Å²) in [5, 5.41) is 18.5.